The lowest BCUT2D eigenvalue weighted by molar-refractivity contribution is -0.305. The summed E-state index contributed by atoms with van der Waals surface area (Å²) < 4.78 is 17.6. The molecule has 1 saturated heterocycles. The first-order valence-corrected chi connectivity index (χ1v) is 31.3. The van der Waals surface area contributed by atoms with Crippen LogP contribution in [0.25, 0.3) is 0 Å². The van der Waals surface area contributed by atoms with E-state index in [-0.39, 0.29) is 13.0 Å². The Bertz CT molecular complexity index is 1340. The van der Waals surface area contributed by atoms with Gasteiger partial charge in [-0.1, -0.05) is 269 Å². The van der Waals surface area contributed by atoms with Crippen LogP contribution in [0.4, 0.5) is 0 Å². The maximum Gasteiger partial charge on any atom is 0.306 e. The maximum absolute atomic E-state index is 13.4. The SMILES string of the molecule is CC/C=C/C/C=C/CCCCCCCCCC(=O)OC1C(OCC(NC(=O)C(O)CCCCCCCCCCCCCCCCCCCCCC)C(O)/C=C/CCCCCCCCCCC)OC(CO)C(O)C1O. The number of nitrogens with one attached hydrogen (secondary N) is 1. The zero-order valence-corrected chi connectivity index (χ0v) is 48.0. The number of ether oxygens (including phenoxy) is 3. The molecule has 8 atom stereocenters. The molecule has 8 unspecified atom stereocenters. The van der Waals surface area contributed by atoms with Crippen LogP contribution < -0.4 is 5.32 Å². The number of rotatable bonds is 53. The highest BCUT2D eigenvalue weighted by Gasteiger charge is 2.47. The summed E-state index contributed by atoms with van der Waals surface area (Å²) >= 11 is 0. The molecule has 0 aromatic carbocycles. The van der Waals surface area contributed by atoms with Crippen LogP contribution >= 0.6 is 0 Å². The van der Waals surface area contributed by atoms with E-state index in [0.29, 0.717) is 19.3 Å². The molecule has 6 N–H and O–H groups in total. The van der Waals surface area contributed by atoms with Crippen molar-refractivity contribution in [1.82, 2.24) is 5.32 Å². The first-order valence-electron chi connectivity index (χ1n) is 31.3. The van der Waals surface area contributed by atoms with Gasteiger partial charge in [0.25, 0.3) is 0 Å². The standard InChI is InChI=1S/C63H117NO10/c1-4-7-10-13-16-19-22-24-26-27-28-29-30-31-32-35-38-41-44-47-50-56(67)62(71)64-54(55(66)49-46-43-40-37-34-21-18-15-12-9-6-3)53-72-63-61(60(70)59(69)57(52-65)73-63)74-58(68)51-48-45-42-39-36-33-25-23-20-17-14-11-8-5-2/h8,11,17,20,46,49,54-57,59-61,63,65-67,69-70H,4-7,9-10,12-16,18-19,21-45,47-48,50-53H2,1-3H3,(H,64,71)/b11-8+,20-17+,49-46+. The van der Waals surface area contributed by atoms with Gasteiger partial charge in [0, 0.05) is 6.42 Å². The second-order valence-corrected chi connectivity index (χ2v) is 21.8. The number of carbonyl (C=O) groups is 2. The third-order valence-electron chi connectivity index (χ3n) is 14.8. The van der Waals surface area contributed by atoms with Gasteiger partial charge in [0.2, 0.25) is 5.91 Å². The van der Waals surface area contributed by atoms with Crippen LogP contribution in [0.3, 0.4) is 0 Å². The average molecular weight is 1050 g/mol. The van der Waals surface area contributed by atoms with Gasteiger partial charge in [-0.15, -0.1) is 0 Å². The minimum Gasteiger partial charge on any atom is -0.454 e. The van der Waals surface area contributed by atoms with E-state index in [2.05, 4.69) is 50.4 Å². The summed E-state index contributed by atoms with van der Waals surface area (Å²) in [6, 6.07) is -1.02. The second-order valence-electron chi connectivity index (χ2n) is 21.8. The summed E-state index contributed by atoms with van der Waals surface area (Å²) in [5.74, 6) is -1.19. The smallest absolute Gasteiger partial charge is 0.306 e. The summed E-state index contributed by atoms with van der Waals surface area (Å²) in [5, 5.41) is 56.9. The molecule has 11 heteroatoms. The Morgan fingerprint density at radius 3 is 1.45 bits per heavy atom. The van der Waals surface area contributed by atoms with E-state index >= 15 is 0 Å². The molecule has 0 saturated carbocycles. The predicted molar refractivity (Wildman–Crippen MR) is 306 cm³/mol. The number of amides is 1. The first-order chi connectivity index (χ1) is 36.2. The Balaban J connectivity index is 2.63. The van der Waals surface area contributed by atoms with Crippen molar-refractivity contribution in [2.45, 2.75) is 339 Å². The van der Waals surface area contributed by atoms with Crippen molar-refractivity contribution in [3.8, 4) is 0 Å². The van der Waals surface area contributed by atoms with Gasteiger partial charge in [0.05, 0.1) is 25.4 Å². The quantitative estimate of drug-likeness (QED) is 0.0195. The molecule has 0 aromatic heterocycles. The maximum atomic E-state index is 13.4. The van der Waals surface area contributed by atoms with Crippen LogP contribution in [0.2, 0.25) is 0 Å². The molecule has 1 aliphatic heterocycles. The summed E-state index contributed by atoms with van der Waals surface area (Å²) in [4.78, 5) is 26.5. The molecule has 74 heavy (non-hydrogen) atoms. The van der Waals surface area contributed by atoms with Crippen LogP contribution in [-0.4, -0.2) is 99.6 Å². The fourth-order valence-corrected chi connectivity index (χ4v) is 9.87. The van der Waals surface area contributed by atoms with Gasteiger partial charge >= 0.3 is 5.97 Å². The van der Waals surface area contributed by atoms with Crippen molar-refractivity contribution in [1.29, 1.82) is 0 Å². The van der Waals surface area contributed by atoms with E-state index in [1.165, 1.54) is 161 Å². The molecule has 11 nitrogen and oxygen atoms in total. The minimum atomic E-state index is -1.61. The van der Waals surface area contributed by atoms with Crippen molar-refractivity contribution in [3.63, 3.8) is 0 Å². The monoisotopic (exact) mass is 1050 g/mol. The van der Waals surface area contributed by atoms with Gasteiger partial charge in [0.15, 0.2) is 12.4 Å². The molecule has 1 aliphatic rings. The van der Waals surface area contributed by atoms with Crippen LogP contribution in [0.1, 0.15) is 290 Å². The van der Waals surface area contributed by atoms with Crippen molar-refractivity contribution in [2.75, 3.05) is 13.2 Å². The first kappa shape index (κ1) is 69.9. The van der Waals surface area contributed by atoms with Gasteiger partial charge in [-0.05, 0) is 51.4 Å². The number of esters is 1. The van der Waals surface area contributed by atoms with Crippen LogP contribution in [0.15, 0.2) is 36.5 Å². The molecule has 1 amide bonds. The molecule has 0 bridgehead atoms. The average Bonchev–Trinajstić information content (AvgIpc) is 3.40. The van der Waals surface area contributed by atoms with Crippen molar-refractivity contribution >= 4 is 11.9 Å². The van der Waals surface area contributed by atoms with Crippen LogP contribution in [0, 0.1) is 0 Å². The topological polar surface area (TPSA) is 175 Å². The Labute approximate surface area is 453 Å². The third-order valence-corrected chi connectivity index (χ3v) is 14.8. The fourth-order valence-electron chi connectivity index (χ4n) is 9.87. The predicted octanol–water partition coefficient (Wildman–Crippen LogP) is 14.7. The van der Waals surface area contributed by atoms with Crippen molar-refractivity contribution in [2.24, 2.45) is 0 Å². The van der Waals surface area contributed by atoms with E-state index in [0.717, 1.165) is 83.5 Å². The number of aliphatic hydroxyl groups is 5. The zero-order valence-electron chi connectivity index (χ0n) is 48.0. The summed E-state index contributed by atoms with van der Waals surface area (Å²) in [7, 11) is 0. The van der Waals surface area contributed by atoms with Gasteiger partial charge in [-0.3, -0.25) is 9.59 Å². The molecule has 1 rings (SSSR count). The Kier molecular flexibility index (Phi) is 48.8. The van der Waals surface area contributed by atoms with Gasteiger partial charge in [-0.25, -0.2) is 0 Å². The molecule has 1 fully saturated rings. The highest BCUT2D eigenvalue weighted by molar-refractivity contribution is 5.80. The zero-order chi connectivity index (χ0) is 54.0. The lowest BCUT2D eigenvalue weighted by Crippen LogP contribution is -2.61. The lowest BCUT2D eigenvalue weighted by Gasteiger charge is -2.41. The molecular formula is C63H117NO10. The van der Waals surface area contributed by atoms with Gasteiger partial charge < -0.3 is 45.1 Å². The number of carbonyl (C=O) groups excluding carboxylic acids is 2. The van der Waals surface area contributed by atoms with E-state index in [1.807, 2.05) is 6.08 Å². The molecule has 0 radical (unpaired) electrons. The van der Waals surface area contributed by atoms with E-state index in [9.17, 15) is 35.1 Å². The molecular weight excluding hydrogens is 931 g/mol. The number of unbranched alkanes of at least 4 members (excludes halogenated alkanes) is 35. The van der Waals surface area contributed by atoms with Gasteiger partial charge in [0.1, 0.15) is 24.4 Å². The Hall–Kier alpha value is -2.12. The highest BCUT2D eigenvalue weighted by Crippen LogP contribution is 2.26. The normalized spacial score (nSPS) is 19.5. The summed E-state index contributed by atoms with van der Waals surface area (Å²) in [6.45, 7) is 5.69. The largest absolute Gasteiger partial charge is 0.454 e. The van der Waals surface area contributed by atoms with Crippen LogP contribution in [-0.2, 0) is 23.8 Å². The fraction of sp³-hybridized carbons (Fsp3) is 0.873. The summed E-state index contributed by atoms with van der Waals surface area (Å²) in [5.41, 5.74) is 0. The van der Waals surface area contributed by atoms with Crippen molar-refractivity contribution < 1.29 is 49.3 Å². The second kappa shape index (κ2) is 51.6. The molecule has 1 heterocycles. The highest BCUT2D eigenvalue weighted by atomic mass is 16.7. The molecule has 0 aromatic rings. The molecule has 0 aliphatic carbocycles. The van der Waals surface area contributed by atoms with Gasteiger partial charge in [-0.2, -0.15) is 0 Å². The molecule has 0 spiro atoms. The van der Waals surface area contributed by atoms with Crippen LogP contribution in [0.5, 0.6) is 0 Å². The number of allylic oxidation sites excluding steroid dienone is 5. The Morgan fingerprint density at radius 1 is 0.541 bits per heavy atom. The number of hydrogen-bond donors (Lipinski definition) is 6. The molecule has 434 valence electrons. The number of aliphatic hydroxyl groups excluding tert-OH is 5. The van der Waals surface area contributed by atoms with E-state index in [1.54, 1.807) is 6.08 Å². The lowest BCUT2D eigenvalue weighted by atomic mass is 9.99. The van der Waals surface area contributed by atoms with Crippen molar-refractivity contribution in [3.05, 3.63) is 36.5 Å². The van der Waals surface area contributed by atoms with E-state index in [4.69, 9.17) is 14.2 Å². The summed E-state index contributed by atoms with van der Waals surface area (Å²) in [6.07, 6.45) is 50.5. The number of hydrogen-bond acceptors (Lipinski definition) is 10. The minimum absolute atomic E-state index is 0.116. The third kappa shape index (κ3) is 39.3. The van der Waals surface area contributed by atoms with E-state index < -0.39 is 67.4 Å². The Morgan fingerprint density at radius 2 is 0.973 bits per heavy atom.